The van der Waals surface area contributed by atoms with Gasteiger partial charge in [-0.1, -0.05) is 24.3 Å². The molecule has 0 bridgehead atoms. The summed E-state index contributed by atoms with van der Waals surface area (Å²) in [5, 5.41) is 9.71. The molecule has 0 aliphatic carbocycles. The van der Waals surface area contributed by atoms with Gasteiger partial charge in [0, 0.05) is 29.9 Å². The number of amides is 1. The molecule has 0 unspecified atom stereocenters. The van der Waals surface area contributed by atoms with E-state index >= 15 is 4.39 Å². The minimum atomic E-state index is -4.17. The molecule has 0 saturated heterocycles. The second kappa shape index (κ2) is 7.80. The Bertz CT molecular complexity index is 1420. The topological polar surface area (TPSA) is 117 Å². The lowest BCUT2D eigenvalue weighted by Crippen LogP contribution is -2.15. The number of carbonyl (C=O) groups excluding carboxylic acids is 1. The van der Waals surface area contributed by atoms with E-state index in [1.807, 2.05) is 13.0 Å². The molecule has 0 fully saturated rings. The highest BCUT2D eigenvalue weighted by molar-refractivity contribution is 7.92. The fourth-order valence-corrected chi connectivity index (χ4v) is 4.33. The Morgan fingerprint density at radius 1 is 1.13 bits per heavy atom. The second-order valence-electron chi connectivity index (χ2n) is 6.97. The number of aromatic nitrogens is 3. The zero-order valence-corrected chi connectivity index (χ0v) is 17.4. The summed E-state index contributed by atoms with van der Waals surface area (Å²) in [6, 6.07) is 12.5. The molecule has 4 aromatic rings. The van der Waals surface area contributed by atoms with Gasteiger partial charge >= 0.3 is 0 Å². The number of fused-ring (bicyclic) bond motifs is 1. The Morgan fingerprint density at radius 2 is 1.90 bits per heavy atom. The van der Waals surface area contributed by atoms with Gasteiger partial charge in [-0.15, -0.1) is 0 Å². The number of nitrogens with zero attached hydrogens (tertiary/aromatic N) is 2. The van der Waals surface area contributed by atoms with Crippen molar-refractivity contribution in [2.75, 3.05) is 10.0 Å². The third-order valence-corrected chi connectivity index (χ3v) is 5.94. The molecule has 0 atom stereocenters. The molecule has 0 saturated carbocycles. The first kappa shape index (κ1) is 20.5. The van der Waals surface area contributed by atoms with E-state index in [1.165, 1.54) is 31.3 Å². The van der Waals surface area contributed by atoms with E-state index in [2.05, 4.69) is 25.2 Å². The smallest absolute Gasteiger partial charge is 0.264 e. The number of sulfonamides is 1. The molecule has 0 spiro atoms. The lowest BCUT2D eigenvalue weighted by molar-refractivity contribution is -0.114. The van der Waals surface area contributed by atoms with Gasteiger partial charge in [-0.3, -0.25) is 14.6 Å². The maximum Gasteiger partial charge on any atom is 0.264 e. The Balaban J connectivity index is 1.76. The zero-order valence-electron chi connectivity index (χ0n) is 16.6. The summed E-state index contributed by atoms with van der Waals surface area (Å²) in [5.41, 5.74) is 1.93. The molecule has 4 rings (SSSR count). The molecule has 31 heavy (non-hydrogen) atoms. The van der Waals surface area contributed by atoms with E-state index < -0.39 is 20.7 Å². The van der Waals surface area contributed by atoms with E-state index in [9.17, 15) is 13.2 Å². The molecule has 0 aliphatic heterocycles. The first-order valence-corrected chi connectivity index (χ1v) is 10.7. The number of rotatable bonds is 5. The monoisotopic (exact) mass is 439 g/mol. The van der Waals surface area contributed by atoms with E-state index in [1.54, 1.807) is 24.3 Å². The Morgan fingerprint density at radius 3 is 2.65 bits per heavy atom. The van der Waals surface area contributed by atoms with Gasteiger partial charge in [0.15, 0.2) is 11.5 Å². The van der Waals surface area contributed by atoms with Crippen LogP contribution in [0.2, 0.25) is 0 Å². The van der Waals surface area contributed by atoms with Gasteiger partial charge in [0.2, 0.25) is 5.91 Å². The highest BCUT2D eigenvalue weighted by Gasteiger charge is 2.22. The highest BCUT2D eigenvalue weighted by Crippen LogP contribution is 2.31. The van der Waals surface area contributed by atoms with Crippen molar-refractivity contribution in [3.8, 4) is 11.1 Å². The van der Waals surface area contributed by atoms with Gasteiger partial charge in [-0.2, -0.15) is 5.10 Å². The van der Waals surface area contributed by atoms with Crippen LogP contribution in [0, 0.1) is 12.7 Å². The SMILES string of the molecule is CC(=O)Nc1[nH]nc2ncc(-c3cccc(S(=O)(=O)Nc4cccc(C)c4)c3F)cc12. The first-order valence-electron chi connectivity index (χ1n) is 9.25. The van der Waals surface area contributed by atoms with Crippen LogP contribution in [0.3, 0.4) is 0 Å². The number of H-pyrrole nitrogens is 1. The van der Waals surface area contributed by atoms with Crippen molar-refractivity contribution in [2.24, 2.45) is 0 Å². The van der Waals surface area contributed by atoms with Crippen LogP contribution in [0.4, 0.5) is 15.9 Å². The van der Waals surface area contributed by atoms with Crippen LogP contribution < -0.4 is 10.0 Å². The zero-order chi connectivity index (χ0) is 22.2. The maximum atomic E-state index is 15.3. The molecule has 10 heteroatoms. The summed E-state index contributed by atoms with van der Waals surface area (Å²) in [5.74, 6) is -0.895. The molecule has 2 aromatic carbocycles. The predicted octanol–water partition coefficient (Wildman–Crippen LogP) is 3.83. The Labute approximate surface area is 177 Å². The number of aryl methyl sites for hydroxylation is 1. The molecule has 158 valence electrons. The Kier molecular flexibility index (Phi) is 5.15. The maximum absolute atomic E-state index is 15.3. The van der Waals surface area contributed by atoms with E-state index in [4.69, 9.17) is 0 Å². The molecule has 2 heterocycles. The van der Waals surface area contributed by atoms with Crippen LogP contribution >= 0.6 is 0 Å². The van der Waals surface area contributed by atoms with Gasteiger partial charge in [-0.05, 0) is 36.8 Å². The minimum Gasteiger partial charge on any atom is -0.311 e. The molecular weight excluding hydrogens is 421 g/mol. The third-order valence-electron chi connectivity index (χ3n) is 4.54. The molecule has 3 N–H and O–H groups in total. The number of halogens is 1. The van der Waals surface area contributed by atoms with Crippen LogP contribution in [0.25, 0.3) is 22.2 Å². The largest absolute Gasteiger partial charge is 0.311 e. The van der Waals surface area contributed by atoms with E-state index in [-0.39, 0.29) is 11.5 Å². The number of nitrogens with one attached hydrogen (secondary N) is 3. The summed E-state index contributed by atoms with van der Waals surface area (Å²) in [6.45, 7) is 3.17. The number of benzene rings is 2. The summed E-state index contributed by atoms with van der Waals surface area (Å²) in [6.07, 6.45) is 1.39. The minimum absolute atomic E-state index is 0.0523. The number of aromatic amines is 1. The normalized spacial score (nSPS) is 11.5. The van der Waals surface area contributed by atoms with Crippen molar-refractivity contribution < 1.29 is 17.6 Å². The fourth-order valence-electron chi connectivity index (χ4n) is 3.18. The van der Waals surface area contributed by atoms with Crippen molar-refractivity contribution in [1.29, 1.82) is 0 Å². The molecule has 0 aliphatic rings. The van der Waals surface area contributed by atoms with E-state index in [0.717, 1.165) is 5.56 Å². The van der Waals surface area contributed by atoms with Crippen LogP contribution in [0.15, 0.2) is 59.6 Å². The summed E-state index contributed by atoms with van der Waals surface area (Å²) in [7, 11) is -4.17. The van der Waals surface area contributed by atoms with Crippen LogP contribution in [0.1, 0.15) is 12.5 Å². The predicted molar refractivity (Wildman–Crippen MR) is 116 cm³/mol. The molecule has 2 aromatic heterocycles. The van der Waals surface area contributed by atoms with Crippen molar-refractivity contribution in [2.45, 2.75) is 18.7 Å². The van der Waals surface area contributed by atoms with E-state index in [0.29, 0.717) is 28.1 Å². The van der Waals surface area contributed by atoms with Gasteiger partial charge in [0.1, 0.15) is 10.7 Å². The molecule has 8 nitrogen and oxygen atoms in total. The van der Waals surface area contributed by atoms with Gasteiger partial charge < -0.3 is 5.32 Å². The number of pyridine rings is 1. The molecule has 0 radical (unpaired) electrons. The summed E-state index contributed by atoms with van der Waals surface area (Å²) >= 11 is 0. The lowest BCUT2D eigenvalue weighted by atomic mass is 10.1. The van der Waals surface area contributed by atoms with Gasteiger partial charge in [0.25, 0.3) is 10.0 Å². The second-order valence-corrected chi connectivity index (χ2v) is 8.62. The summed E-state index contributed by atoms with van der Waals surface area (Å²) < 4.78 is 43.4. The van der Waals surface area contributed by atoms with Crippen molar-refractivity contribution in [1.82, 2.24) is 15.2 Å². The summed E-state index contributed by atoms with van der Waals surface area (Å²) in [4.78, 5) is 15.1. The third kappa shape index (κ3) is 4.10. The quantitative estimate of drug-likeness (QED) is 0.437. The fraction of sp³-hybridized carbons (Fsp3) is 0.0952. The lowest BCUT2D eigenvalue weighted by Gasteiger charge is -2.12. The standard InChI is InChI=1S/C21H18FN5O3S/c1-12-5-3-6-15(9-12)27-31(29,30)18-8-4-7-16(19(18)22)14-10-17-20(23-11-14)25-26-21(17)24-13(2)28/h3-11,27H,1-2H3,(H2,23,24,25,26,28). The van der Waals surface area contributed by atoms with Gasteiger partial charge in [-0.25, -0.2) is 17.8 Å². The molecule has 1 amide bonds. The van der Waals surface area contributed by atoms with Crippen molar-refractivity contribution in [3.05, 3.63) is 66.1 Å². The molecular formula is C21H18FN5O3S. The van der Waals surface area contributed by atoms with Crippen LogP contribution in [-0.4, -0.2) is 29.5 Å². The van der Waals surface area contributed by atoms with Crippen molar-refractivity contribution >= 4 is 38.5 Å². The number of anilines is 2. The average molecular weight is 439 g/mol. The van der Waals surface area contributed by atoms with Crippen LogP contribution in [-0.2, 0) is 14.8 Å². The highest BCUT2D eigenvalue weighted by atomic mass is 32.2. The number of carbonyl (C=O) groups is 1. The van der Waals surface area contributed by atoms with Gasteiger partial charge in [0.05, 0.1) is 5.39 Å². The van der Waals surface area contributed by atoms with Crippen molar-refractivity contribution in [3.63, 3.8) is 0 Å². The number of hydrogen-bond donors (Lipinski definition) is 3. The first-order chi connectivity index (χ1) is 14.7. The van der Waals surface area contributed by atoms with Crippen LogP contribution in [0.5, 0.6) is 0 Å². The Hall–Kier alpha value is -3.79. The average Bonchev–Trinajstić information content (AvgIpc) is 3.09. The number of hydrogen-bond acceptors (Lipinski definition) is 5.